The maximum absolute atomic E-state index is 12.2. The van der Waals surface area contributed by atoms with Crippen LogP contribution in [0.1, 0.15) is 30.4 Å². The zero-order chi connectivity index (χ0) is 14.5. The number of carbonyl (C=O) groups is 1. The number of aryl methyl sites for hydroxylation is 1. The molecule has 4 nitrogen and oxygen atoms in total. The molecule has 0 unspecified atom stereocenters. The molecule has 0 aromatic heterocycles. The average Bonchev–Trinajstić information content (AvgIpc) is 2.38. The zero-order valence-electron chi connectivity index (χ0n) is 11.9. The Morgan fingerprint density at radius 2 is 1.74 bits per heavy atom. The average molecular weight is 284 g/mol. The Kier molecular flexibility index (Phi) is 5.92. The van der Waals surface area contributed by atoms with Crippen LogP contribution >= 0.6 is 7.60 Å². The van der Waals surface area contributed by atoms with E-state index in [1.807, 2.05) is 31.2 Å². The van der Waals surface area contributed by atoms with Crippen molar-refractivity contribution in [1.82, 2.24) is 0 Å². The first kappa shape index (κ1) is 16.1. The Labute approximate surface area is 114 Å². The molecule has 1 aromatic carbocycles. The van der Waals surface area contributed by atoms with Crippen molar-refractivity contribution in [1.29, 1.82) is 0 Å². The van der Waals surface area contributed by atoms with E-state index in [2.05, 4.69) is 0 Å². The monoisotopic (exact) mass is 284 g/mol. The van der Waals surface area contributed by atoms with Crippen molar-refractivity contribution in [2.24, 2.45) is 0 Å². The van der Waals surface area contributed by atoms with Crippen molar-refractivity contribution < 1.29 is 18.4 Å². The fourth-order valence-electron chi connectivity index (χ4n) is 1.97. The summed E-state index contributed by atoms with van der Waals surface area (Å²) in [5, 5.41) is 0. The van der Waals surface area contributed by atoms with E-state index in [1.165, 1.54) is 21.1 Å². The summed E-state index contributed by atoms with van der Waals surface area (Å²) in [5.41, 5.74) is 2.13. The van der Waals surface area contributed by atoms with Gasteiger partial charge in [-0.2, -0.15) is 0 Å². The summed E-state index contributed by atoms with van der Waals surface area (Å²) in [4.78, 5) is 11.4. The van der Waals surface area contributed by atoms with Crippen molar-refractivity contribution in [2.75, 3.05) is 20.4 Å². The van der Waals surface area contributed by atoms with Crippen LogP contribution < -0.4 is 0 Å². The fourth-order valence-corrected chi connectivity index (χ4v) is 3.29. The van der Waals surface area contributed by atoms with E-state index in [4.69, 9.17) is 9.05 Å². The summed E-state index contributed by atoms with van der Waals surface area (Å²) in [5.74, 6) is -0.0897. The van der Waals surface area contributed by atoms with Crippen LogP contribution in [0, 0.1) is 6.92 Å². The lowest BCUT2D eigenvalue weighted by molar-refractivity contribution is -0.117. The first-order valence-electron chi connectivity index (χ1n) is 6.16. The molecule has 0 saturated carbocycles. The van der Waals surface area contributed by atoms with Crippen LogP contribution in [0.25, 0.3) is 0 Å². The highest BCUT2D eigenvalue weighted by molar-refractivity contribution is 7.53. The predicted octanol–water partition coefficient (Wildman–Crippen LogP) is 3.54. The number of benzene rings is 1. The largest absolute Gasteiger partial charge is 0.330 e. The summed E-state index contributed by atoms with van der Waals surface area (Å²) >= 11 is 0. The Morgan fingerprint density at radius 3 is 2.16 bits per heavy atom. The highest BCUT2D eigenvalue weighted by Gasteiger charge is 2.28. The van der Waals surface area contributed by atoms with Gasteiger partial charge in [0.25, 0.3) is 0 Å². The van der Waals surface area contributed by atoms with Gasteiger partial charge in [-0.3, -0.25) is 4.57 Å². The van der Waals surface area contributed by atoms with E-state index in [0.717, 1.165) is 11.1 Å². The molecule has 0 N–H and O–H groups in total. The Morgan fingerprint density at radius 1 is 1.21 bits per heavy atom. The molecule has 1 aromatic rings. The number of Topliss-reactive ketones (excluding diaryl/α,β-unsaturated/α-hetero) is 1. The lowest BCUT2D eigenvalue weighted by Gasteiger charge is -2.21. The van der Waals surface area contributed by atoms with Crippen LogP contribution in [-0.4, -0.2) is 26.2 Å². The van der Waals surface area contributed by atoms with Gasteiger partial charge in [-0.25, -0.2) is 0 Å². The standard InChI is InChI=1S/C14H21O4P/c1-11-5-7-13(8-6-11)14(9-12(2)15)10-19(16,17-3)18-4/h5-8,14H,9-10H2,1-4H3/t14-/m1/s1. The van der Waals surface area contributed by atoms with E-state index in [-0.39, 0.29) is 17.9 Å². The molecule has 0 saturated heterocycles. The first-order chi connectivity index (χ1) is 8.90. The number of hydrogen-bond acceptors (Lipinski definition) is 4. The van der Waals surface area contributed by atoms with Crippen molar-refractivity contribution in [3.8, 4) is 0 Å². The third-order valence-corrected chi connectivity index (χ3v) is 5.08. The second-order valence-corrected chi connectivity index (χ2v) is 6.99. The molecule has 106 valence electrons. The molecule has 0 fully saturated rings. The third-order valence-electron chi connectivity index (χ3n) is 3.08. The minimum atomic E-state index is -3.12. The van der Waals surface area contributed by atoms with Gasteiger partial charge in [0.2, 0.25) is 0 Å². The quantitative estimate of drug-likeness (QED) is 0.719. The van der Waals surface area contributed by atoms with Gasteiger partial charge >= 0.3 is 7.60 Å². The fraction of sp³-hybridized carbons (Fsp3) is 0.500. The van der Waals surface area contributed by atoms with Gasteiger partial charge < -0.3 is 13.8 Å². The number of ketones is 1. The molecule has 0 aliphatic carbocycles. The van der Waals surface area contributed by atoms with Gasteiger partial charge in [0.05, 0.1) is 6.16 Å². The molecule has 0 aliphatic rings. The molecule has 0 heterocycles. The SMILES string of the molecule is COP(=O)(C[C@@H](CC(C)=O)c1ccc(C)cc1)OC. The van der Waals surface area contributed by atoms with Gasteiger partial charge in [0, 0.05) is 26.6 Å². The van der Waals surface area contributed by atoms with Crippen LogP contribution in [0.3, 0.4) is 0 Å². The zero-order valence-corrected chi connectivity index (χ0v) is 12.8. The number of carbonyl (C=O) groups excluding carboxylic acids is 1. The van der Waals surface area contributed by atoms with Crippen LogP contribution in [-0.2, 0) is 18.4 Å². The molecule has 1 atom stereocenters. The van der Waals surface area contributed by atoms with Gasteiger partial charge in [-0.15, -0.1) is 0 Å². The smallest absolute Gasteiger partial charge is 0.312 e. The normalized spacial score (nSPS) is 13.3. The highest BCUT2D eigenvalue weighted by atomic mass is 31.2. The van der Waals surface area contributed by atoms with Gasteiger partial charge in [-0.05, 0) is 19.4 Å². The molecule has 0 amide bonds. The molecule has 19 heavy (non-hydrogen) atoms. The highest BCUT2D eigenvalue weighted by Crippen LogP contribution is 2.50. The Bertz CT molecular complexity index is 459. The summed E-state index contributed by atoms with van der Waals surface area (Å²) in [7, 11) is -0.392. The molecule has 0 spiro atoms. The second kappa shape index (κ2) is 6.99. The molecule has 1 rings (SSSR count). The van der Waals surface area contributed by atoms with Gasteiger partial charge in [0.15, 0.2) is 0 Å². The van der Waals surface area contributed by atoms with Gasteiger partial charge in [0.1, 0.15) is 5.78 Å². The molecular formula is C14H21O4P. The Hall–Kier alpha value is -0.960. The van der Waals surface area contributed by atoms with E-state index in [9.17, 15) is 9.36 Å². The first-order valence-corrected chi connectivity index (χ1v) is 7.89. The minimum Gasteiger partial charge on any atom is -0.312 e. The second-order valence-electron chi connectivity index (χ2n) is 4.67. The summed E-state index contributed by atoms with van der Waals surface area (Å²) in [6, 6.07) is 7.87. The summed E-state index contributed by atoms with van der Waals surface area (Å²) < 4.78 is 22.2. The van der Waals surface area contributed by atoms with Crippen molar-refractivity contribution in [3.05, 3.63) is 35.4 Å². The molecule has 0 radical (unpaired) electrons. The van der Waals surface area contributed by atoms with Crippen LogP contribution in [0.2, 0.25) is 0 Å². The maximum atomic E-state index is 12.2. The third kappa shape index (κ3) is 4.90. The van der Waals surface area contributed by atoms with Crippen LogP contribution in [0.15, 0.2) is 24.3 Å². The predicted molar refractivity (Wildman–Crippen MR) is 75.7 cm³/mol. The van der Waals surface area contributed by atoms with Crippen molar-refractivity contribution in [3.63, 3.8) is 0 Å². The molecular weight excluding hydrogens is 263 g/mol. The molecule has 0 bridgehead atoms. The summed E-state index contributed by atoms with van der Waals surface area (Å²) in [6.07, 6.45) is 0.544. The van der Waals surface area contributed by atoms with Crippen molar-refractivity contribution >= 4 is 13.4 Å². The lowest BCUT2D eigenvalue weighted by atomic mass is 9.95. The Balaban J connectivity index is 2.98. The number of hydrogen-bond donors (Lipinski definition) is 0. The van der Waals surface area contributed by atoms with E-state index in [0.29, 0.717) is 6.42 Å². The van der Waals surface area contributed by atoms with Crippen molar-refractivity contribution in [2.45, 2.75) is 26.2 Å². The number of rotatable bonds is 7. The van der Waals surface area contributed by atoms with E-state index in [1.54, 1.807) is 0 Å². The topological polar surface area (TPSA) is 52.6 Å². The molecule has 5 heteroatoms. The maximum Gasteiger partial charge on any atom is 0.330 e. The van der Waals surface area contributed by atoms with Gasteiger partial charge in [-0.1, -0.05) is 29.8 Å². The van der Waals surface area contributed by atoms with Crippen LogP contribution in [0.5, 0.6) is 0 Å². The lowest BCUT2D eigenvalue weighted by Crippen LogP contribution is -2.11. The minimum absolute atomic E-state index is 0.0596. The van der Waals surface area contributed by atoms with E-state index >= 15 is 0 Å². The van der Waals surface area contributed by atoms with Crippen LogP contribution in [0.4, 0.5) is 0 Å². The summed E-state index contributed by atoms with van der Waals surface area (Å²) in [6.45, 7) is 3.53. The van der Waals surface area contributed by atoms with E-state index < -0.39 is 7.60 Å². The molecule has 0 aliphatic heterocycles.